The molecule has 0 aromatic carbocycles. The number of carbonyl (C=O) groups is 2. The van der Waals surface area contributed by atoms with E-state index in [4.69, 9.17) is 0 Å². The molecule has 20 heavy (non-hydrogen) atoms. The number of likely N-dealkylation sites (tertiary alicyclic amines) is 1. The molecule has 116 valence electrons. The highest BCUT2D eigenvalue weighted by molar-refractivity contribution is 5.85. The zero-order valence-electron chi connectivity index (χ0n) is 13.0. The maximum Gasteiger partial charge on any atom is 0.329 e. The summed E-state index contributed by atoms with van der Waals surface area (Å²) in [6.45, 7) is 7.95. The molecule has 2 N–H and O–H groups in total. The molecule has 0 radical (unpaired) electrons. The Morgan fingerprint density at radius 1 is 1.45 bits per heavy atom. The molecular weight excluding hydrogens is 258 g/mol. The first kappa shape index (κ1) is 16.8. The largest absolute Gasteiger partial charge is 0.480 e. The van der Waals surface area contributed by atoms with Crippen molar-refractivity contribution in [3.63, 3.8) is 0 Å². The van der Waals surface area contributed by atoms with Crippen LogP contribution in [0.5, 0.6) is 0 Å². The summed E-state index contributed by atoms with van der Waals surface area (Å²) in [6.07, 6.45) is 2.26. The van der Waals surface area contributed by atoms with Gasteiger partial charge in [0.25, 0.3) is 0 Å². The molecule has 0 aromatic heterocycles. The molecule has 0 aromatic rings. The van der Waals surface area contributed by atoms with Gasteiger partial charge in [0.2, 0.25) is 0 Å². The van der Waals surface area contributed by atoms with Crippen molar-refractivity contribution in [2.75, 3.05) is 33.2 Å². The molecule has 1 rings (SSSR count). The summed E-state index contributed by atoms with van der Waals surface area (Å²) in [4.78, 5) is 27.1. The second-order valence-electron chi connectivity index (χ2n) is 6.06. The molecule has 0 saturated carbocycles. The number of rotatable bonds is 5. The molecule has 2 amide bonds. The van der Waals surface area contributed by atoms with E-state index in [9.17, 15) is 14.7 Å². The fourth-order valence-corrected chi connectivity index (χ4v) is 2.68. The number of carboxylic acids is 1. The number of piperidine rings is 1. The normalized spacial score (nSPS) is 20.5. The van der Waals surface area contributed by atoms with E-state index in [-0.39, 0.29) is 6.03 Å². The SMILES string of the molecule is CCN(C(=O)NCC1CCCN(C)C1)C(C)(C)C(=O)O. The molecule has 1 atom stereocenters. The third kappa shape index (κ3) is 4.10. The Morgan fingerprint density at radius 2 is 2.10 bits per heavy atom. The fraction of sp³-hybridized carbons (Fsp3) is 0.857. The Bertz CT molecular complexity index is 358. The molecular formula is C14H27N3O3. The Labute approximate surface area is 121 Å². The minimum atomic E-state index is -1.19. The third-order valence-corrected chi connectivity index (χ3v) is 4.02. The third-order valence-electron chi connectivity index (χ3n) is 4.02. The highest BCUT2D eigenvalue weighted by Crippen LogP contribution is 2.16. The van der Waals surface area contributed by atoms with Gasteiger partial charge in [0.15, 0.2) is 0 Å². The second-order valence-corrected chi connectivity index (χ2v) is 6.06. The van der Waals surface area contributed by atoms with Gasteiger partial charge >= 0.3 is 12.0 Å². The van der Waals surface area contributed by atoms with Gasteiger partial charge in [-0.2, -0.15) is 0 Å². The Morgan fingerprint density at radius 3 is 2.60 bits per heavy atom. The van der Waals surface area contributed by atoms with Gasteiger partial charge in [-0.1, -0.05) is 0 Å². The smallest absolute Gasteiger partial charge is 0.329 e. The van der Waals surface area contributed by atoms with Crippen LogP contribution in [0.4, 0.5) is 4.79 Å². The fourth-order valence-electron chi connectivity index (χ4n) is 2.68. The van der Waals surface area contributed by atoms with Crippen LogP contribution in [-0.4, -0.2) is 65.7 Å². The van der Waals surface area contributed by atoms with Crippen molar-refractivity contribution in [1.82, 2.24) is 15.1 Å². The lowest BCUT2D eigenvalue weighted by Gasteiger charge is -2.35. The van der Waals surface area contributed by atoms with Crippen molar-refractivity contribution >= 4 is 12.0 Å². The highest BCUT2D eigenvalue weighted by atomic mass is 16.4. The highest BCUT2D eigenvalue weighted by Gasteiger charge is 2.37. The van der Waals surface area contributed by atoms with Crippen molar-refractivity contribution in [2.45, 2.75) is 39.2 Å². The lowest BCUT2D eigenvalue weighted by Crippen LogP contribution is -2.56. The minimum absolute atomic E-state index is 0.298. The Kier molecular flexibility index (Phi) is 5.80. The maximum atomic E-state index is 12.2. The number of hydrogen-bond acceptors (Lipinski definition) is 3. The van der Waals surface area contributed by atoms with Gasteiger partial charge in [0.1, 0.15) is 5.54 Å². The van der Waals surface area contributed by atoms with Crippen LogP contribution in [0.15, 0.2) is 0 Å². The van der Waals surface area contributed by atoms with Crippen molar-refractivity contribution in [1.29, 1.82) is 0 Å². The first-order chi connectivity index (χ1) is 9.28. The van der Waals surface area contributed by atoms with E-state index < -0.39 is 11.5 Å². The number of nitrogens with one attached hydrogen (secondary N) is 1. The van der Waals surface area contributed by atoms with Crippen LogP contribution >= 0.6 is 0 Å². The van der Waals surface area contributed by atoms with Crippen LogP contribution in [0.3, 0.4) is 0 Å². The molecule has 0 aliphatic carbocycles. The topological polar surface area (TPSA) is 72.9 Å². The number of carboxylic acid groups (broad SMARTS) is 1. The summed E-state index contributed by atoms with van der Waals surface area (Å²) in [5.41, 5.74) is -1.19. The van der Waals surface area contributed by atoms with Crippen LogP contribution in [0.2, 0.25) is 0 Å². The predicted molar refractivity (Wildman–Crippen MR) is 77.7 cm³/mol. The van der Waals surface area contributed by atoms with E-state index in [0.29, 0.717) is 19.0 Å². The summed E-state index contributed by atoms with van der Waals surface area (Å²) in [5, 5.41) is 12.1. The van der Waals surface area contributed by atoms with E-state index in [1.165, 1.54) is 4.90 Å². The van der Waals surface area contributed by atoms with Gasteiger partial charge in [-0.3, -0.25) is 0 Å². The lowest BCUT2D eigenvalue weighted by atomic mass is 9.98. The van der Waals surface area contributed by atoms with Gasteiger partial charge in [-0.25, -0.2) is 9.59 Å². The molecule has 1 unspecified atom stereocenters. The maximum absolute atomic E-state index is 12.2. The standard InChI is InChI=1S/C14H27N3O3/c1-5-17(14(2,3)12(18)19)13(20)15-9-11-7-6-8-16(4)10-11/h11H,5-10H2,1-4H3,(H,15,20)(H,18,19). The van der Waals surface area contributed by atoms with Crippen LogP contribution in [0, 0.1) is 5.92 Å². The number of hydrogen-bond donors (Lipinski definition) is 2. The van der Waals surface area contributed by atoms with Crippen molar-refractivity contribution in [2.24, 2.45) is 5.92 Å². The zero-order chi connectivity index (χ0) is 15.3. The van der Waals surface area contributed by atoms with E-state index in [1.807, 2.05) is 0 Å². The summed E-state index contributed by atoms with van der Waals surface area (Å²) in [7, 11) is 2.08. The molecule has 1 heterocycles. The summed E-state index contributed by atoms with van der Waals surface area (Å²) >= 11 is 0. The molecule has 0 bridgehead atoms. The lowest BCUT2D eigenvalue weighted by molar-refractivity contribution is -0.147. The Hall–Kier alpha value is -1.30. The van der Waals surface area contributed by atoms with E-state index in [2.05, 4.69) is 17.3 Å². The van der Waals surface area contributed by atoms with Gasteiger partial charge in [-0.05, 0) is 53.1 Å². The van der Waals surface area contributed by atoms with E-state index >= 15 is 0 Å². The number of aliphatic carboxylic acids is 1. The molecule has 6 nitrogen and oxygen atoms in total. The van der Waals surface area contributed by atoms with Gasteiger partial charge in [0.05, 0.1) is 0 Å². The molecule has 1 fully saturated rings. The van der Waals surface area contributed by atoms with Crippen molar-refractivity contribution in [3.05, 3.63) is 0 Å². The average Bonchev–Trinajstić information content (AvgIpc) is 2.36. The second kappa shape index (κ2) is 6.92. The number of likely N-dealkylation sites (N-methyl/N-ethyl adjacent to an activating group) is 1. The number of amides is 2. The van der Waals surface area contributed by atoms with Crippen LogP contribution in [0.1, 0.15) is 33.6 Å². The van der Waals surface area contributed by atoms with Gasteiger partial charge < -0.3 is 20.2 Å². The summed E-state index contributed by atoms with van der Waals surface area (Å²) < 4.78 is 0. The quantitative estimate of drug-likeness (QED) is 0.796. The number of nitrogens with zero attached hydrogens (tertiary/aromatic N) is 2. The van der Waals surface area contributed by atoms with Gasteiger partial charge in [0, 0.05) is 19.6 Å². The van der Waals surface area contributed by atoms with Crippen LogP contribution in [-0.2, 0) is 4.79 Å². The predicted octanol–water partition coefficient (Wildman–Crippen LogP) is 1.22. The summed E-state index contributed by atoms with van der Waals surface area (Å²) in [5.74, 6) is -0.545. The van der Waals surface area contributed by atoms with E-state index in [1.54, 1.807) is 20.8 Å². The zero-order valence-corrected chi connectivity index (χ0v) is 13.0. The monoisotopic (exact) mass is 285 g/mol. The summed E-state index contributed by atoms with van der Waals surface area (Å²) in [6, 6.07) is -0.298. The van der Waals surface area contributed by atoms with Gasteiger partial charge in [-0.15, -0.1) is 0 Å². The molecule has 6 heteroatoms. The van der Waals surface area contributed by atoms with E-state index in [0.717, 1.165) is 25.9 Å². The number of urea groups is 1. The first-order valence-corrected chi connectivity index (χ1v) is 7.26. The molecule has 1 saturated heterocycles. The number of carbonyl (C=O) groups excluding carboxylic acids is 1. The molecule has 1 aliphatic heterocycles. The minimum Gasteiger partial charge on any atom is -0.480 e. The molecule has 1 aliphatic rings. The molecule has 0 spiro atoms. The van der Waals surface area contributed by atoms with Crippen LogP contribution in [0.25, 0.3) is 0 Å². The van der Waals surface area contributed by atoms with Crippen molar-refractivity contribution in [3.8, 4) is 0 Å². The average molecular weight is 285 g/mol. The van der Waals surface area contributed by atoms with Crippen molar-refractivity contribution < 1.29 is 14.7 Å². The Balaban J connectivity index is 2.53. The van der Waals surface area contributed by atoms with Crippen LogP contribution < -0.4 is 5.32 Å². The first-order valence-electron chi connectivity index (χ1n) is 7.26.